The molecule has 3 rings (SSSR count). The van der Waals surface area contributed by atoms with E-state index in [1.54, 1.807) is 18.4 Å². The number of para-hydroxylation sites is 1. The molecule has 0 atom stereocenters. The van der Waals surface area contributed by atoms with Gasteiger partial charge in [0.05, 0.1) is 15.2 Å². The van der Waals surface area contributed by atoms with E-state index in [2.05, 4.69) is 6.07 Å². The molecule has 0 aliphatic carbocycles. The van der Waals surface area contributed by atoms with Gasteiger partial charge in [-0.25, -0.2) is 9.78 Å². The zero-order valence-corrected chi connectivity index (χ0v) is 17.2. The number of rotatable bonds is 3. The Balaban J connectivity index is 1.52. The van der Waals surface area contributed by atoms with E-state index in [1.165, 1.54) is 9.60 Å². The van der Waals surface area contributed by atoms with E-state index in [0.29, 0.717) is 19.0 Å². The second-order valence-corrected chi connectivity index (χ2v) is 9.07. The molecule has 6 nitrogen and oxygen atoms in total. The topological polar surface area (TPSA) is 62.7 Å². The van der Waals surface area contributed by atoms with Crippen molar-refractivity contribution in [1.82, 2.24) is 14.8 Å². The highest BCUT2D eigenvalue weighted by Gasteiger charge is 2.28. The normalized spacial score (nSPS) is 15.8. The minimum Gasteiger partial charge on any atom is -0.444 e. The highest BCUT2D eigenvalue weighted by Crippen LogP contribution is 2.33. The molecule has 1 fully saturated rings. The molecule has 0 spiro atoms. The first kappa shape index (κ1) is 19.6. The van der Waals surface area contributed by atoms with Crippen LogP contribution >= 0.6 is 11.3 Å². The van der Waals surface area contributed by atoms with Crippen LogP contribution < -0.4 is 0 Å². The maximum absolute atomic E-state index is 12.5. The summed E-state index contributed by atoms with van der Waals surface area (Å²) in [5.41, 5.74) is 0.485. The number of likely N-dealkylation sites (N-methyl/N-ethyl adjacent to an activating group) is 1. The van der Waals surface area contributed by atoms with Crippen molar-refractivity contribution in [1.29, 1.82) is 0 Å². The van der Waals surface area contributed by atoms with Gasteiger partial charge in [0.15, 0.2) is 0 Å². The maximum Gasteiger partial charge on any atom is 0.410 e. The van der Waals surface area contributed by atoms with Gasteiger partial charge >= 0.3 is 6.09 Å². The molecule has 2 aromatic rings. The summed E-state index contributed by atoms with van der Waals surface area (Å²) in [6.07, 6.45) is 1.34. The number of nitrogens with zero attached hydrogens (tertiary/aromatic N) is 3. The minimum absolute atomic E-state index is 0.0360. The highest BCUT2D eigenvalue weighted by molar-refractivity contribution is 7.18. The van der Waals surface area contributed by atoms with Crippen molar-refractivity contribution >= 4 is 33.6 Å². The molecule has 1 saturated heterocycles. The number of thiazole rings is 1. The fourth-order valence-electron chi connectivity index (χ4n) is 3.15. The van der Waals surface area contributed by atoms with Gasteiger partial charge in [0.25, 0.3) is 0 Å². The van der Waals surface area contributed by atoms with Gasteiger partial charge in [-0.15, -0.1) is 11.3 Å². The Morgan fingerprint density at radius 1 is 1.26 bits per heavy atom. The number of fused-ring (bicyclic) bond motifs is 1. The average molecular weight is 390 g/mol. The van der Waals surface area contributed by atoms with Crippen molar-refractivity contribution in [3.05, 3.63) is 29.3 Å². The number of amides is 2. The van der Waals surface area contributed by atoms with E-state index >= 15 is 0 Å². The summed E-state index contributed by atoms with van der Waals surface area (Å²) in [6, 6.07) is 8.18. The molecule has 0 unspecified atom stereocenters. The van der Waals surface area contributed by atoms with Crippen LogP contribution in [0.2, 0.25) is 0 Å². The van der Waals surface area contributed by atoms with Crippen LogP contribution in [0.3, 0.4) is 0 Å². The number of aromatic nitrogens is 1. The molecule has 2 heterocycles. The number of hydrogen-bond acceptors (Lipinski definition) is 5. The number of carbonyl (C=O) groups is 2. The summed E-state index contributed by atoms with van der Waals surface area (Å²) >= 11 is 1.75. The van der Waals surface area contributed by atoms with Gasteiger partial charge < -0.3 is 14.5 Å². The molecular formula is C20H27N3O3S. The molecule has 2 amide bonds. The van der Waals surface area contributed by atoms with Crippen molar-refractivity contribution < 1.29 is 14.3 Å². The number of piperidine rings is 1. The minimum atomic E-state index is -0.565. The first-order valence-electron chi connectivity index (χ1n) is 9.30. The van der Waals surface area contributed by atoms with E-state index in [-0.39, 0.29) is 12.5 Å². The van der Waals surface area contributed by atoms with Gasteiger partial charge in [0.1, 0.15) is 12.1 Å². The molecule has 1 aliphatic heterocycles. The third kappa shape index (κ3) is 4.97. The molecule has 1 aromatic carbocycles. The average Bonchev–Trinajstić information content (AvgIpc) is 3.04. The van der Waals surface area contributed by atoms with Gasteiger partial charge in [-0.05, 0) is 45.7 Å². The van der Waals surface area contributed by atoms with Gasteiger partial charge in [0.2, 0.25) is 5.91 Å². The Hall–Kier alpha value is -2.15. The lowest BCUT2D eigenvalue weighted by molar-refractivity contribution is -0.133. The lowest BCUT2D eigenvalue weighted by Crippen LogP contribution is -2.45. The molecule has 0 saturated carbocycles. The fourth-order valence-corrected chi connectivity index (χ4v) is 4.28. The molecule has 1 aliphatic rings. The van der Waals surface area contributed by atoms with Gasteiger partial charge in [-0.2, -0.15) is 0 Å². The molecule has 1 aromatic heterocycles. The molecule has 0 radical (unpaired) electrons. The first-order valence-corrected chi connectivity index (χ1v) is 10.1. The molecule has 27 heavy (non-hydrogen) atoms. The van der Waals surface area contributed by atoms with Crippen LogP contribution in [0.5, 0.6) is 0 Å². The lowest BCUT2D eigenvalue weighted by Gasteiger charge is -2.32. The third-order valence-electron chi connectivity index (χ3n) is 4.58. The van der Waals surface area contributed by atoms with E-state index in [9.17, 15) is 9.59 Å². The van der Waals surface area contributed by atoms with E-state index in [0.717, 1.165) is 23.4 Å². The van der Waals surface area contributed by atoms with Crippen LogP contribution in [0.15, 0.2) is 24.3 Å². The Bertz CT molecular complexity index is 786. The summed E-state index contributed by atoms with van der Waals surface area (Å²) in [6.45, 7) is 6.87. The summed E-state index contributed by atoms with van der Waals surface area (Å²) in [4.78, 5) is 32.5. The zero-order chi connectivity index (χ0) is 19.6. The standard InChI is InChI=1S/C20H27N3O3S/c1-20(2,3)26-19(25)22(4)13-17(24)23-11-9-14(10-12-23)18-21-15-7-5-6-8-16(15)27-18/h5-8,14H,9-13H2,1-4H3. The molecule has 146 valence electrons. The number of likely N-dealkylation sites (tertiary alicyclic amines) is 1. The Morgan fingerprint density at radius 2 is 1.93 bits per heavy atom. The van der Waals surface area contributed by atoms with Gasteiger partial charge in [-0.1, -0.05) is 12.1 Å². The predicted molar refractivity (Wildman–Crippen MR) is 107 cm³/mol. The zero-order valence-electron chi connectivity index (χ0n) is 16.4. The van der Waals surface area contributed by atoms with Crippen molar-refractivity contribution in [3.63, 3.8) is 0 Å². The fraction of sp³-hybridized carbons (Fsp3) is 0.550. The number of benzene rings is 1. The number of ether oxygens (including phenoxy) is 1. The maximum atomic E-state index is 12.5. The largest absolute Gasteiger partial charge is 0.444 e. The highest BCUT2D eigenvalue weighted by atomic mass is 32.1. The predicted octanol–water partition coefficient (Wildman–Crippen LogP) is 3.87. The van der Waals surface area contributed by atoms with E-state index in [4.69, 9.17) is 9.72 Å². The molecule has 0 N–H and O–H groups in total. The van der Waals surface area contributed by atoms with Crippen molar-refractivity contribution in [2.75, 3.05) is 26.7 Å². The Morgan fingerprint density at radius 3 is 2.56 bits per heavy atom. The van der Waals surface area contributed by atoms with Gasteiger partial charge in [0, 0.05) is 26.1 Å². The summed E-state index contributed by atoms with van der Waals surface area (Å²) in [7, 11) is 1.60. The molecule has 0 bridgehead atoms. The van der Waals surface area contributed by atoms with Crippen molar-refractivity contribution in [2.24, 2.45) is 0 Å². The summed E-state index contributed by atoms with van der Waals surface area (Å²) in [5, 5.41) is 1.16. The smallest absolute Gasteiger partial charge is 0.410 e. The van der Waals surface area contributed by atoms with Crippen LogP contribution in [0.25, 0.3) is 10.2 Å². The number of carbonyl (C=O) groups excluding carboxylic acids is 2. The first-order chi connectivity index (χ1) is 12.7. The van der Waals surface area contributed by atoms with E-state index in [1.807, 2.05) is 43.9 Å². The summed E-state index contributed by atoms with van der Waals surface area (Å²) in [5.74, 6) is 0.362. The summed E-state index contributed by atoms with van der Waals surface area (Å²) < 4.78 is 6.51. The quantitative estimate of drug-likeness (QED) is 0.799. The third-order valence-corrected chi connectivity index (χ3v) is 5.78. The monoisotopic (exact) mass is 389 g/mol. The molecular weight excluding hydrogens is 362 g/mol. The van der Waals surface area contributed by atoms with E-state index < -0.39 is 11.7 Å². The van der Waals surface area contributed by atoms with Crippen LogP contribution in [-0.2, 0) is 9.53 Å². The van der Waals surface area contributed by atoms with Crippen LogP contribution in [-0.4, -0.2) is 59.1 Å². The SMILES string of the molecule is CN(CC(=O)N1CCC(c2nc3ccccc3s2)CC1)C(=O)OC(C)(C)C. The second-order valence-electron chi connectivity index (χ2n) is 8.01. The van der Waals surface area contributed by atoms with Crippen molar-refractivity contribution in [2.45, 2.75) is 45.1 Å². The number of hydrogen-bond donors (Lipinski definition) is 0. The second kappa shape index (κ2) is 7.84. The van der Waals surface area contributed by atoms with Crippen LogP contribution in [0, 0.1) is 0 Å². The Labute approximate surface area is 164 Å². The van der Waals surface area contributed by atoms with Crippen LogP contribution in [0.4, 0.5) is 4.79 Å². The lowest BCUT2D eigenvalue weighted by atomic mass is 9.97. The van der Waals surface area contributed by atoms with Gasteiger partial charge in [-0.3, -0.25) is 4.79 Å². The Kier molecular flexibility index (Phi) is 5.69. The van der Waals surface area contributed by atoms with Crippen LogP contribution in [0.1, 0.15) is 44.5 Å². The van der Waals surface area contributed by atoms with Crippen molar-refractivity contribution in [3.8, 4) is 0 Å². The molecule has 7 heteroatoms.